The van der Waals surface area contributed by atoms with E-state index in [1.807, 2.05) is 61.5 Å². The van der Waals surface area contributed by atoms with Crippen LogP contribution in [0, 0.1) is 0 Å². The first-order valence-corrected chi connectivity index (χ1v) is 15.1. The van der Waals surface area contributed by atoms with E-state index in [1.165, 1.54) is 4.31 Å². The number of hydrogen-bond donors (Lipinski definition) is 1. The smallest absolute Gasteiger partial charge is 0.247 e. The van der Waals surface area contributed by atoms with Crippen molar-refractivity contribution in [3.8, 4) is 5.75 Å². The number of ether oxygens (including phenoxy) is 1. The lowest BCUT2D eigenvalue weighted by Gasteiger charge is -2.31. The molecule has 1 saturated heterocycles. The fourth-order valence-corrected chi connectivity index (χ4v) is 6.45. The first kappa shape index (κ1) is 29.3. The number of sulfonamides is 1. The van der Waals surface area contributed by atoms with Gasteiger partial charge in [0, 0.05) is 32.6 Å². The molecule has 1 heterocycles. The molecule has 0 unspecified atom stereocenters. The molecular formula is C31H37N3O5S. The van der Waals surface area contributed by atoms with E-state index in [-0.39, 0.29) is 29.7 Å². The van der Waals surface area contributed by atoms with Crippen LogP contribution < -0.4 is 10.1 Å². The van der Waals surface area contributed by atoms with Crippen molar-refractivity contribution in [1.29, 1.82) is 0 Å². The van der Waals surface area contributed by atoms with Crippen molar-refractivity contribution in [3.63, 3.8) is 0 Å². The molecule has 9 heteroatoms. The third-order valence-corrected chi connectivity index (χ3v) is 9.03. The number of nitrogens with one attached hydrogen (secondary N) is 1. The Morgan fingerprint density at radius 2 is 1.55 bits per heavy atom. The Morgan fingerprint density at radius 3 is 2.15 bits per heavy atom. The normalized spacial score (nSPS) is 14.4. The summed E-state index contributed by atoms with van der Waals surface area (Å²) >= 11 is 0. The molecule has 3 aromatic rings. The summed E-state index contributed by atoms with van der Waals surface area (Å²) < 4.78 is 32.5. The number of amides is 2. The van der Waals surface area contributed by atoms with Gasteiger partial charge in [-0.1, -0.05) is 54.6 Å². The van der Waals surface area contributed by atoms with Gasteiger partial charge in [-0.05, 0) is 67.1 Å². The summed E-state index contributed by atoms with van der Waals surface area (Å²) in [7, 11) is -1.90. The van der Waals surface area contributed by atoms with Gasteiger partial charge in [0.05, 0.1) is 12.0 Å². The van der Waals surface area contributed by atoms with E-state index in [4.69, 9.17) is 4.74 Å². The van der Waals surface area contributed by atoms with Crippen LogP contribution in [0.25, 0.3) is 0 Å². The largest absolute Gasteiger partial charge is 0.497 e. The Kier molecular flexibility index (Phi) is 9.95. The zero-order valence-electron chi connectivity index (χ0n) is 23.1. The molecule has 1 aliphatic rings. The van der Waals surface area contributed by atoms with Crippen LogP contribution >= 0.6 is 0 Å². The van der Waals surface area contributed by atoms with Crippen molar-refractivity contribution in [1.82, 2.24) is 14.5 Å². The second-order valence-corrected chi connectivity index (χ2v) is 11.8. The van der Waals surface area contributed by atoms with Crippen LogP contribution in [0.15, 0.2) is 83.8 Å². The Labute approximate surface area is 237 Å². The summed E-state index contributed by atoms with van der Waals surface area (Å²) in [4.78, 5) is 29.0. The highest BCUT2D eigenvalue weighted by molar-refractivity contribution is 7.89. The highest BCUT2D eigenvalue weighted by atomic mass is 32.2. The van der Waals surface area contributed by atoms with E-state index in [0.29, 0.717) is 31.8 Å². The molecule has 3 aromatic carbocycles. The standard InChI is InChI=1S/C31H37N3O5S/c1-3-32-31(36)30(26-9-5-4-6-10-26)34(23-25-11-16-27(39-2)17-12-25)29(35)20-15-24-13-18-28(19-14-24)40(37,38)33-21-7-8-22-33/h4-6,9-14,16-19,30H,3,7-8,15,20-23H2,1-2H3,(H,32,36)/t30-/m0/s1. The molecule has 0 bridgehead atoms. The van der Waals surface area contributed by atoms with Crippen molar-refractivity contribution in [3.05, 3.63) is 95.6 Å². The molecule has 0 aromatic heterocycles. The Bertz CT molecular complexity index is 1370. The number of hydrogen-bond acceptors (Lipinski definition) is 5. The van der Waals surface area contributed by atoms with Gasteiger partial charge in [0.2, 0.25) is 21.8 Å². The zero-order chi connectivity index (χ0) is 28.5. The molecule has 4 rings (SSSR count). The quantitative estimate of drug-likeness (QED) is 0.354. The maximum atomic E-state index is 13.8. The minimum atomic E-state index is -3.49. The molecule has 1 N–H and O–H groups in total. The van der Waals surface area contributed by atoms with Crippen LogP contribution in [-0.4, -0.2) is 56.2 Å². The molecule has 0 spiro atoms. The summed E-state index contributed by atoms with van der Waals surface area (Å²) in [6.45, 7) is 3.64. The number of carbonyl (C=O) groups is 2. The van der Waals surface area contributed by atoms with E-state index in [2.05, 4.69) is 5.32 Å². The second kappa shape index (κ2) is 13.6. The molecule has 0 aliphatic carbocycles. The van der Waals surface area contributed by atoms with Crippen LogP contribution in [-0.2, 0) is 32.6 Å². The van der Waals surface area contributed by atoms with Crippen molar-refractivity contribution >= 4 is 21.8 Å². The SMILES string of the molecule is CCNC(=O)[C@H](c1ccccc1)N(Cc1ccc(OC)cc1)C(=O)CCc1ccc(S(=O)(=O)N2CCCC2)cc1. The second-order valence-electron chi connectivity index (χ2n) is 9.83. The minimum absolute atomic E-state index is 0.164. The molecule has 40 heavy (non-hydrogen) atoms. The van der Waals surface area contributed by atoms with Gasteiger partial charge in [0.25, 0.3) is 0 Å². The first-order valence-electron chi connectivity index (χ1n) is 13.7. The third kappa shape index (κ3) is 7.08. The predicted molar refractivity (Wildman–Crippen MR) is 154 cm³/mol. The lowest BCUT2D eigenvalue weighted by molar-refractivity contribution is -0.141. The van der Waals surface area contributed by atoms with Crippen molar-refractivity contribution in [2.24, 2.45) is 0 Å². The lowest BCUT2D eigenvalue weighted by Crippen LogP contribution is -2.43. The lowest BCUT2D eigenvalue weighted by atomic mass is 10.0. The van der Waals surface area contributed by atoms with Gasteiger partial charge in [0.1, 0.15) is 11.8 Å². The summed E-state index contributed by atoms with van der Waals surface area (Å²) in [5, 5.41) is 2.89. The Balaban J connectivity index is 1.55. The van der Waals surface area contributed by atoms with Crippen molar-refractivity contribution < 1.29 is 22.7 Å². The van der Waals surface area contributed by atoms with E-state index in [9.17, 15) is 18.0 Å². The monoisotopic (exact) mass is 563 g/mol. The number of likely N-dealkylation sites (N-methyl/N-ethyl adjacent to an activating group) is 1. The third-order valence-electron chi connectivity index (χ3n) is 7.11. The van der Waals surface area contributed by atoms with E-state index >= 15 is 0 Å². The van der Waals surface area contributed by atoms with E-state index in [0.717, 1.165) is 29.5 Å². The van der Waals surface area contributed by atoms with Crippen LogP contribution in [0.4, 0.5) is 0 Å². The number of benzene rings is 3. The molecule has 1 aliphatic heterocycles. The Hall–Kier alpha value is -3.69. The molecule has 0 saturated carbocycles. The highest BCUT2D eigenvalue weighted by Gasteiger charge is 2.31. The van der Waals surface area contributed by atoms with Gasteiger partial charge in [-0.2, -0.15) is 4.31 Å². The molecule has 212 valence electrons. The summed E-state index contributed by atoms with van der Waals surface area (Å²) in [5.74, 6) is 0.289. The maximum Gasteiger partial charge on any atom is 0.247 e. The topological polar surface area (TPSA) is 96.0 Å². The number of nitrogens with zero attached hydrogens (tertiary/aromatic N) is 2. The number of rotatable bonds is 12. The number of aryl methyl sites for hydroxylation is 1. The average molecular weight is 564 g/mol. The zero-order valence-corrected chi connectivity index (χ0v) is 23.9. The van der Waals surface area contributed by atoms with Gasteiger partial charge < -0.3 is 15.0 Å². The average Bonchev–Trinajstić information content (AvgIpc) is 3.53. The fourth-order valence-electron chi connectivity index (χ4n) is 4.93. The summed E-state index contributed by atoms with van der Waals surface area (Å²) in [5.41, 5.74) is 2.45. The van der Waals surface area contributed by atoms with Crippen LogP contribution in [0.3, 0.4) is 0 Å². The molecule has 2 amide bonds. The molecule has 1 fully saturated rings. The molecule has 0 radical (unpaired) electrons. The van der Waals surface area contributed by atoms with E-state index in [1.54, 1.807) is 36.3 Å². The van der Waals surface area contributed by atoms with Crippen LogP contribution in [0.1, 0.15) is 48.9 Å². The fraction of sp³-hybridized carbons (Fsp3) is 0.355. The van der Waals surface area contributed by atoms with Gasteiger partial charge in [0.15, 0.2) is 0 Å². The summed E-state index contributed by atoms with van der Waals surface area (Å²) in [6, 6.07) is 22.7. The van der Waals surface area contributed by atoms with Crippen molar-refractivity contribution in [2.45, 2.75) is 50.1 Å². The van der Waals surface area contributed by atoms with Crippen LogP contribution in [0.2, 0.25) is 0 Å². The molecule has 8 nitrogen and oxygen atoms in total. The molecule has 1 atom stereocenters. The van der Waals surface area contributed by atoms with Gasteiger partial charge in [-0.3, -0.25) is 9.59 Å². The molecular weight excluding hydrogens is 526 g/mol. The van der Waals surface area contributed by atoms with Gasteiger partial charge in [-0.25, -0.2) is 8.42 Å². The Morgan fingerprint density at radius 1 is 0.925 bits per heavy atom. The minimum Gasteiger partial charge on any atom is -0.497 e. The first-order chi connectivity index (χ1) is 19.3. The summed E-state index contributed by atoms with van der Waals surface area (Å²) in [6.07, 6.45) is 2.34. The van der Waals surface area contributed by atoms with E-state index < -0.39 is 16.1 Å². The maximum absolute atomic E-state index is 13.8. The van der Waals surface area contributed by atoms with Gasteiger partial charge >= 0.3 is 0 Å². The number of methoxy groups -OCH3 is 1. The van der Waals surface area contributed by atoms with Crippen molar-refractivity contribution in [2.75, 3.05) is 26.7 Å². The van der Waals surface area contributed by atoms with Crippen LogP contribution in [0.5, 0.6) is 5.75 Å². The highest BCUT2D eigenvalue weighted by Crippen LogP contribution is 2.26. The van der Waals surface area contributed by atoms with Gasteiger partial charge in [-0.15, -0.1) is 0 Å². The predicted octanol–water partition coefficient (Wildman–Crippen LogP) is 4.32. The number of carbonyl (C=O) groups excluding carboxylic acids is 2.